The van der Waals surface area contributed by atoms with Crippen LogP contribution < -0.4 is 0 Å². The summed E-state index contributed by atoms with van der Waals surface area (Å²) in [6, 6.07) is 4.84. The molecule has 1 amide bonds. The van der Waals surface area contributed by atoms with E-state index in [1.54, 1.807) is 6.07 Å². The van der Waals surface area contributed by atoms with Gasteiger partial charge in [-0.2, -0.15) is 4.31 Å². The van der Waals surface area contributed by atoms with Crippen LogP contribution in [0.4, 0.5) is 0 Å². The van der Waals surface area contributed by atoms with E-state index < -0.39 is 16.1 Å². The normalized spacial score (nSPS) is 22.8. The second kappa shape index (κ2) is 6.84. The Balaban J connectivity index is 1.92. The lowest BCUT2D eigenvalue weighted by Crippen LogP contribution is -2.52. The van der Waals surface area contributed by atoms with Crippen LogP contribution >= 0.6 is 0 Å². The van der Waals surface area contributed by atoms with Gasteiger partial charge in [-0.25, -0.2) is 8.42 Å². The van der Waals surface area contributed by atoms with Crippen LogP contribution in [0.5, 0.6) is 0 Å². The summed E-state index contributed by atoms with van der Waals surface area (Å²) in [5, 5.41) is 0. The molecule has 0 aromatic heterocycles. The molecule has 0 radical (unpaired) electrons. The standard InChI is InChI=1S/C18H26N2O3S/c1-14-8-9-17(15(2)13-14)24(22,23)20-12-4-3-7-16(20)18(21)19-10-5-6-11-19/h8-9,13,16H,3-7,10-12H2,1-2H3. The van der Waals surface area contributed by atoms with Gasteiger partial charge in [-0.05, 0) is 51.2 Å². The fraction of sp³-hybridized carbons (Fsp3) is 0.611. The molecule has 2 aliphatic rings. The number of aryl methyl sites for hydroxylation is 2. The Bertz CT molecular complexity index is 724. The number of nitrogens with zero attached hydrogens (tertiary/aromatic N) is 2. The molecular formula is C18H26N2O3S. The maximum Gasteiger partial charge on any atom is 0.244 e. The molecule has 1 unspecified atom stereocenters. The molecule has 1 aromatic rings. The number of benzene rings is 1. The number of hydrogen-bond donors (Lipinski definition) is 0. The second-order valence-electron chi connectivity index (χ2n) is 6.93. The minimum atomic E-state index is -3.65. The van der Waals surface area contributed by atoms with E-state index in [-0.39, 0.29) is 5.91 Å². The molecule has 1 aromatic carbocycles. The quantitative estimate of drug-likeness (QED) is 0.841. The maximum absolute atomic E-state index is 13.2. The first-order valence-corrected chi connectivity index (χ1v) is 10.2. The van der Waals surface area contributed by atoms with Crippen LogP contribution in [-0.2, 0) is 14.8 Å². The molecule has 3 rings (SSSR count). The highest BCUT2D eigenvalue weighted by Gasteiger charge is 2.40. The van der Waals surface area contributed by atoms with Crippen molar-refractivity contribution in [2.45, 2.75) is 56.9 Å². The van der Waals surface area contributed by atoms with Gasteiger partial charge >= 0.3 is 0 Å². The monoisotopic (exact) mass is 350 g/mol. The van der Waals surface area contributed by atoms with Crippen molar-refractivity contribution in [3.8, 4) is 0 Å². The van der Waals surface area contributed by atoms with E-state index in [9.17, 15) is 13.2 Å². The van der Waals surface area contributed by atoms with Crippen molar-refractivity contribution < 1.29 is 13.2 Å². The summed E-state index contributed by atoms with van der Waals surface area (Å²) < 4.78 is 27.9. The van der Waals surface area contributed by atoms with Gasteiger partial charge < -0.3 is 4.90 Å². The van der Waals surface area contributed by atoms with Crippen LogP contribution in [0.15, 0.2) is 23.1 Å². The predicted molar refractivity (Wildman–Crippen MR) is 93.3 cm³/mol. The minimum Gasteiger partial charge on any atom is -0.341 e. The predicted octanol–water partition coefficient (Wildman–Crippen LogP) is 2.47. The van der Waals surface area contributed by atoms with E-state index in [1.807, 2.05) is 30.9 Å². The van der Waals surface area contributed by atoms with Crippen molar-refractivity contribution in [2.24, 2.45) is 0 Å². The van der Waals surface area contributed by atoms with Crippen LogP contribution in [0.2, 0.25) is 0 Å². The van der Waals surface area contributed by atoms with Gasteiger partial charge in [0.05, 0.1) is 4.90 Å². The molecule has 132 valence electrons. The molecular weight excluding hydrogens is 324 g/mol. The van der Waals surface area contributed by atoms with Crippen LogP contribution in [-0.4, -0.2) is 49.2 Å². The Kier molecular flexibility index (Phi) is 4.97. The molecule has 2 aliphatic heterocycles. The molecule has 0 spiro atoms. The molecule has 1 atom stereocenters. The van der Waals surface area contributed by atoms with Gasteiger partial charge in [0, 0.05) is 19.6 Å². The number of carbonyl (C=O) groups excluding carboxylic acids is 1. The van der Waals surface area contributed by atoms with E-state index in [2.05, 4.69) is 0 Å². The van der Waals surface area contributed by atoms with Gasteiger partial charge in [0.25, 0.3) is 0 Å². The molecule has 0 bridgehead atoms. The zero-order valence-electron chi connectivity index (χ0n) is 14.5. The Morgan fingerprint density at radius 3 is 2.38 bits per heavy atom. The Morgan fingerprint density at radius 1 is 1.04 bits per heavy atom. The average molecular weight is 350 g/mol. The lowest BCUT2D eigenvalue weighted by molar-refractivity contribution is -0.135. The highest BCUT2D eigenvalue weighted by Crippen LogP contribution is 2.29. The summed E-state index contributed by atoms with van der Waals surface area (Å²) in [6.07, 6.45) is 4.38. The molecule has 2 heterocycles. The highest BCUT2D eigenvalue weighted by molar-refractivity contribution is 7.89. The first kappa shape index (κ1) is 17.4. The van der Waals surface area contributed by atoms with Crippen molar-refractivity contribution in [1.29, 1.82) is 0 Å². The molecule has 0 N–H and O–H groups in total. The van der Waals surface area contributed by atoms with Gasteiger partial charge in [0.1, 0.15) is 6.04 Å². The summed E-state index contributed by atoms with van der Waals surface area (Å²) in [6.45, 7) is 5.71. The molecule has 6 heteroatoms. The first-order valence-electron chi connectivity index (χ1n) is 8.79. The van der Waals surface area contributed by atoms with Crippen molar-refractivity contribution >= 4 is 15.9 Å². The highest BCUT2D eigenvalue weighted by atomic mass is 32.2. The van der Waals surface area contributed by atoms with E-state index >= 15 is 0 Å². The lowest BCUT2D eigenvalue weighted by atomic mass is 10.0. The Hall–Kier alpha value is -1.40. The molecule has 5 nitrogen and oxygen atoms in total. The number of rotatable bonds is 3. The first-order chi connectivity index (χ1) is 11.4. The average Bonchev–Trinajstić information content (AvgIpc) is 3.08. The molecule has 0 saturated carbocycles. The fourth-order valence-corrected chi connectivity index (χ4v) is 5.66. The molecule has 2 fully saturated rings. The summed E-state index contributed by atoms with van der Waals surface area (Å²) >= 11 is 0. The summed E-state index contributed by atoms with van der Waals surface area (Å²) in [5.74, 6) is -0.0134. The number of sulfonamides is 1. The second-order valence-corrected chi connectivity index (χ2v) is 8.79. The Labute approximate surface area is 144 Å². The molecule has 24 heavy (non-hydrogen) atoms. The topological polar surface area (TPSA) is 57.7 Å². The van der Waals surface area contributed by atoms with E-state index in [4.69, 9.17) is 0 Å². The SMILES string of the molecule is Cc1ccc(S(=O)(=O)N2CCCCC2C(=O)N2CCCC2)c(C)c1. The van der Waals surface area contributed by atoms with Crippen molar-refractivity contribution in [3.63, 3.8) is 0 Å². The van der Waals surface area contributed by atoms with Crippen LogP contribution in [0.25, 0.3) is 0 Å². The third-order valence-corrected chi connectivity index (χ3v) is 7.14. The summed E-state index contributed by atoms with van der Waals surface area (Å²) in [7, 11) is -3.65. The maximum atomic E-state index is 13.2. The fourth-order valence-electron chi connectivity index (χ4n) is 3.80. The molecule has 2 saturated heterocycles. The van der Waals surface area contributed by atoms with Crippen molar-refractivity contribution in [3.05, 3.63) is 29.3 Å². The van der Waals surface area contributed by atoms with E-state index in [1.165, 1.54) is 4.31 Å². The Morgan fingerprint density at radius 2 is 1.71 bits per heavy atom. The van der Waals surface area contributed by atoms with Crippen molar-refractivity contribution in [1.82, 2.24) is 9.21 Å². The zero-order valence-corrected chi connectivity index (χ0v) is 15.3. The smallest absolute Gasteiger partial charge is 0.244 e. The summed E-state index contributed by atoms with van der Waals surface area (Å²) in [5.41, 5.74) is 1.78. The van der Waals surface area contributed by atoms with Gasteiger partial charge in [-0.1, -0.05) is 24.1 Å². The van der Waals surface area contributed by atoms with Gasteiger partial charge in [0.2, 0.25) is 15.9 Å². The number of hydrogen-bond acceptors (Lipinski definition) is 3. The van der Waals surface area contributed by atoms with Gasteiger partial charge in [0.15, 0.2) is 0 Å². The summed E-state index contributed by atoms with van der Waals surface area (Å²) in [4.78, 5) is 15.0. The third-order valence-electron chi connectivity index (χ3n) is 5.07. The zero-order chi connectivity index (χ0) is 17.3. The molecule has 0 aliphatic carbocycles. The van der Waals surface area contributed by atoms with E-state index in [0.29, 0.717) is 17.9 Å². The van der Waals surface area contributed by atoms with Crippen molar-refractivity contribution in [2.75, 3.05) is 19.6 Å². The van der Waals surface area contributed by atoms with Crippen LogP contribution in [0.3, 0.4) is 0 Å². The largest absolute Gasteiger partial charge is 0.341 e. The number of likely N-dealkylation sites (tertiary alicyclic amines) is 1. The van der Waals surface area contributed by atoms with Crippen LogP contribution in [0.1, 0.15) is 43.2 Å². The number of piperidine rings is 1. The van der Waals surface area contributed by atoms with E-state index in [0.717, 1.165) is 49.9 Å². The third kappa shape index (κ3) is 3.22. The lowest BCUT2D eigenvalue weighted by Gasteiger charge is -2.36. The minimum absolute atomic E-state index is 0.0134. The van der Waals surface area contributed by atoms with Crippen LogP contribution in [0, 0.1) is 13.8 Å². The van der Waals surface area contributed by atoms with Gasteiger partial charge in [-0.3, -0.25) is 4.79 Å². The van der Waals surface area contributed by atoms with Gasteiger partial charge in [-0.15, -0.1) is 0 Å². The number of amides is 1. The number of carbonyl (C=O) groups is 1.